The number of thiophene rings is 1. The number of H-pyrrole nitrogens is 1. The summed E-state index contributed by atoms with van der Waals surface area (Å²) in [5.74, 6) is 1.61. The number of benzene rings is 1. The van der Waals surface area contributed by atoms with Crippen LogP contribution in [0.4, 0.5) is 19.0 Å². The van der Waals surface area contributed by atoms with Crippen molar-refractivity contribution < 1.29 is 17.9 Å². The number of nitrogens with one attached hydrogen (secondary N) is 1. The molecule has 0 aliphatic carbocycles. The Bertz CT molecular complexity index is 1470. The van der Waals surface area contributed by atoms with E-state index in [0.29, 0.717) is 51.8 Å². The maximum absolute atomic E-state index is 12.8. The second-order valence-corrected chi connectivity index (χ2v) is 12.9. The number of halogens is 3. The van der Waals surface area contributed by atoms with Crippen LogP contribution in [-0.4, -0.2) is 108 Å². The van der Waals surface area contributed by atoms with Crippen molar-refractivity contribution in [2.75, 3.05) is 78.0 Å². The van der Waals surface area contributed by atoms with Crippen molar-refractivity contribution in [3.63, 3.8) is 0 Å². The summed E-state index contributed by atoms with van der Waals surface area (Å²) < 4.78 is 47.2. The zero-order valence-electron chi connectivity index (χ0n) is 22.5. The van der Waals surface area contributed by atoms with Gasteiger partial charge in [-0.05, 0) is 50.3 Å². The lowest BCUT2D eigenvalue weighted by molar-refractivity contribution is -0.149. The van der Waals surface area contributed by atoms with E-state index in [9.17, 15) is 13.2 Å². The number of aromatic nitrogens is 3. The van der Waals surface area contributed by atoms with Gasteiger partial charge in [0.05, 0.1) is 30.0 Å². The van der Waals surface area contributed by atoms with E-state index < -0.39 is 12.7 Å². The summed E-state index contributed by atoms with van der Waals surface area (Å²) in [6.45, 7) is 4.73. The summed E-state index contributed by atoms with van der Waals surface area (Å²) in [4.78, 5) is 21.8. The van der Waals surface area contributed by atoms with E-state index >= 15 is 0 Å². The largest absolute Gasteiger partial charge is 0.401 e. The van der Waals surface area contributed by atoms with Crippen LogP contribution < -0.4 is 4.90 Å². The first kappa shape index (κ1) is 27.7. The number of piperazine rings is 1. The third-order valence-corrected chi connectivity index (χ3v) is 9.05. The first-order valence-electron chi connectivity index (χ1n) is 13.3. The average molecular weight is 592 g/mol. The standard InChI is InChI=1S/C27H32F3N7OS2/c1-34(2)40-18-13-21(20-3-4-31-22(20)14-18)25-32-23-15-19(16-35-5-7-36(8-6-35)17-27(28,29)30)39-24(23)26(33-25)37-9-11-38-12-10-37/h3-4,13-15,31H,5-12,16-17H2,1-2H3. The number of rotatable bonds is 7. The number of anilines is 1. The quantitative estimate of drug-likeness (QED) is 0.304. The molecule has 0 radical (unpaired) electrons. The number of morpholine rings is 1. The highest BCUT2D eigenvalue weighted by Crippen LogP contribution is 2.38. The van der Waals surface area contributed by atoms with Gasteiger partial charge in [-0.15, -0.1) is 11.3 Å². The third-order valence-electron chi connectivity index (χ3n) is 7.13. The summed E-state index contributed by atoms with van der Waals surface area (Å²) in [7, 11) is 4.04. The van der Waals surface area contributed by atoms with Crippen molar-refractivity contribution in [3.05, 3.63) is 35.3 Å². The molecule has 13 heteroatoms. The molecule has 0 amide bonds. The lowest BCUT2D eigenvalue weighted by atomic mass is 10.1. The van der Waals surface area contributed by atoms with Gasteiger partial charge in [-0.3, -0.25) is 14.1 Å². The van der Waals surface area contributed by atoms with Gasteiger partial charge in [-0.25, -0.2) is 9.97 Å². The van der Waals surface area contributed by atoms with Crippen LogP contribution in [0.3, 0.4) is 0 Å². The number of hydrogen-bond donors (Lipinski definition) is 1. The highest BCUT2D eigenvalue weighted by atomic mass is 32.2. The van der Waals surface area contributed by atoms with E-state index in [2.05, 4.69) is 43.4 Å². The molecule has 214 valence electrons. The molecule has 2 aliphatic rings. The van der Waals surface area contributed by atoms with Crippen molar-refractivity contribution in [2.45, 2.75) is 17.6 Å². The van der Waals surface area contributed by atoms with Gasteiger partial charge in [0.15, 0.2) is 11.6 Å². The highest BCUT2D eigenvalue weighted by molar-refractivity contribution is 7.97. The van der Waals surface area contributed by atoms with Gasteiger partial charge >= 0.3 is 6.18 Å². The van der Waals surface area contributed by atoms with Gasteiger partial charge < -0.3 is 14.6 Å². The molecule has 0 atom stereocenters. The molecule has 0 bridgehead atoms. The van der Waals surface area contributed by atoms with Gasteiger partial charge in [-0.1, -0.05) is 0 Å². The first-order chi connectivity index (χ1) is 19.2. The van der Waals surface area contributed by atoms with Crippen LogP contribution in [0.1, 0.15) is 4.88 Å². The predicted molar refractivity (Wildman–Crippen MR) is 155 cm³/mol. The smallest absolute Gasteiger partial charge is 0.378 e. The first-order valence-corrected chi connectivity index (χ1v) is 14.9. The Morgan fingerprint density at radius 2 is 1.77 bits per heavy atom. The van der Waals surface area contributed by atoms with Crippen molar-refractivity contribution in [1.82, 2.24) is 29.1 Å². The second kappa shape index (κ2) is 11.5. The van der Waals surface area contributed by atoms with Crippen molar-refractivity contribution >= 4 is 50.2 Å². The molecule has 1 N–H and O–H groups in total. The van der Waals surface area contributed by atoms with E-state index in [4.69, 9.17) is 14.7 Å². The lowest BCUT2D eigenvalue weighted by Crippen LogP contribution is -2.48. The van der Waals surface area contributed by atoms with E-state index in [1.54, 1.807) is 23.3 Å². The minimum Gasteiger partial charge on any atom is -0.378 e. The van der Waals surface area contributed by atoms with Crippen LogP contribution >= 0.6 is 23.3 Å². The monoisotopic (exact) mass is 591 g/mol. The predicted octanol–water partition coefficient (Wildman–Crippen LogP) is 4.92. The van der Waals surface area contributed by atoms with Crippen LogP contribution in [0.25, 0.3) is 32.5 Å². The van der Waals surface area contributed by atoms with Crippen molar-refractivity contribution in [3.8, 4) is 11.4 Å². The Labute approximate surface area is 239 Å². The molecule has 2 fully saturated rings. The Hall–Kier alpha value is -2.42. The Kier molecular flexibility index (Phi) is 7.94. The molecule has 0 spiro atoms. The van der Waals surface area contributed by atoms with Crippen LogP contribution in [-0.2, 0) is 11.3 Å². The topological polar surface area (TPSA) is 63.8 Å². The van der Waals surface area contributed by atoms with Crippen LogP contribution in [0.15, 0.2) is 35.4 Å². The van der Waals surface area contributed by atoms with Gasteiger partial charge in [-0.2, -0.15) is 13.2 Å². The maximum atomic E-state index is 12.8. The number of fused-ring (bicyclic) bond motifs is 2. The SMILES string of the molecule is CN(C)Sc1cc(-c2nc(N3CCOCC3)c3sc(CN4CCN(CC(F)(F)F)CC4)cc3n2)c2cc[nH]c2c1. The summed E-state index contributed by atoms with van der Waals surface area (Å²) in [5.41, 5.74) is 2.92. The molecule has 2 aliphatic heterocycles. The molecule has 2 saturated heterocycles. The average Bonchev–Trinajstić information content (AvgIpc) is 3.54. The van der Waals surface area contributed by atoms with Gasteiger partial charge in [0.1, 0.15) is 0 Å². The van der Waals surface area contributed by atoms with E-state index in [-0.39, 0.29) is 0 Å². The van der Waals surface area contributed by atoms with Gasteiger partial charge in [0.2, 0.25) is 0 Å². The van der Waals surface area contributed by atoms with E-state index in [1.165, 1.54) is 4.90 Å². The molecule has 6 rings (SSSR count). The van der Waals surface area contributed by atoms with Crippen molar-refractivity contribution in [2.24, 2.45) is 0 Å². The second-order valence-electron chi connectivity index (χ2n) is 10.4. The van der Waals surface area contributed by atoms with E-state index in [1.807, 2.05) is 20.3 Å². The summed E-state index contributed by atoms with van der Waals surface area (Å²) in [6, 6.07) is 8.49. The molecule has 3 aromatic heterocycles. The zero-order chi connectivity index (χ0) is 27.9. The molecule has 8 nitrogen and oxygen atoms in total. The van der Waals surface area contributed by atoms with Crippen LogP contribution in [0.2, 0.25) is 0 Å². The summed E-state index contributed by atoms with van der Waals surface area (Å²) >= 11 is 3.33. The Balaban J connectivity index is 1.34. The normalized spacial score (nSPS) is 18.0. The molecule has 4 aromatic rings. The number of hydrogen-bond acceptors (Lipinski definition) is 9. The van der Waals surface area contributed by atoms with Crippen LogP contribution in [0.5, 0.6) is 0 Å². The Morgan fingerprint density at radius 3 is 2.50 bits per heavy atom. The fraction of sp³-hybridized carbons (Fsp3) is 0.481. The number of nitrogens with zero attached hydrogens (tertiary/aromatic N) is 6. The molecular formula is C27H32F3N7OS2. The van der Waals surface area contributed by atoms with Gasteiger partial charge in [0.25, 0.3) is 0 Å². The molecule has 5 heterocycles. The number of aromatic amines is 1. The number of alkyl halides is 3. The fourth-order valence-corrected chi connectivity index (χ4v) is 7.24. The van der Waals surface area contributed by atoms with Gasteiger partial charge in [0, 0.05) is 78.2 Å². The fourth-order valence-electron chi connectivity index (χ4n) is 5.32. The summed E-state index contributed by atoms with van der Waals surface area (Å²) in [5, 5.41) is 1.07. The third kappa shape index (κ3) is 6.24. The Morgan fingerprint density at radius 1 is 1.02 bits per heavy atom. The number of ether oxygens (including phenoxy) is 1. The molecule has 0 saturated carbocycles. The maximum Gasteiger partial charge on any atom is 0.401 e. The minimum atomic E-state index is -4.16. The molecule has 1 aromatic carbocycles. The molecule has 40 heavy (non-hydrogen) atoms. The summed E-state index contributed by atoms with van der Waals surface area (Å²) in [6.07, 6.45) is -2.21. The highest BCUT2D eigenvalue weighted by Gasteiger charge is 2.32. The zero-order valence-corrected chi connectivity index (χ0v) is 24.1. The molecule has 0 unspecified atom stereocenters. The van der Waals surface area contributed by atoms with Crippen LogP contribution in [0, 0.1) is 0 Å². The van der Waals surface area contributed by atoms with E-state index in [0.717, 1.165) is 55.4 Å². The minimum absolute atomic E-state index is 0.418. The molecular weight excluding hydrogens is 559 g/mol. The lowest BCUT2D eigenvalue weighted by Gasteiger charge is -2.34. The van der Waals surface area contributed by atoms with Crippen molar-refractivity contribution in [1.29, 1.82) is 0 Å².